The number of ether oxygens (including phenoxy) is 1. The standard InChI is InChI=1S/C18H23N5O3/c1-12-11-26-9-8-22(12)18-15-6-7-19-10-16(15)20-17(21-18)13-2-4-14(5-3-13)23(24)25/h2-5,12,19,24-25H,6-11H2,1H3/t12-/m0/s1. The van der Waals surface area contributed by atoms with Crippen LogP contribution in [-0.4, -0.2) is 52.7 Å². The lowest BCUT2D eigenvalue weighted by molar-refractivity contribution is 0.0292. The number of fused-ring (bicyclic) bond motifs is 1. The van der Waals surface area contributed by atoms with Gasteiger partial charge in [-0.1, -0.05) is 0 Å². The molecule has 1 saturated heterocycles. The molecule has 0 bridgehead atoms. The van der Waals surface area contributed by atoms with Crippen molar-refractivity contribution >= 4 is 11.5 Å². The van der Waals surface area contributed by atoms with Gasteiger partial charge in [-0.3, -0.25) is 10.4 Å². The van der Waals surface area contributed by atoms with E-state index < -0.39 is 0 Å². The minimum absolute atomic E-state index is 0.0995. The average Bonchev–Trinajstić information content (AvgIpc) is 2.68. The monoisotopic (exact) mass is 357 g/mol. The van der Waals surface area contributed by atoms with Gasteiger partial charge < -0.3 is 15.0 Å². The quantitative estimate of drug-likeness (QED) is 0.713. The van der Waals surface area contributed by atoms with Gasteiger partial charge in [0.05, 0.1) is 30.6 Å². The molecule has 0 radical (unpaired) electrons. The Balaban J connectivity index is 1.77. The van der Waals surface area contributed by atoms with Crippen molar-refractivity contribution in [2.45, 2.75) is 25.9 Å². The molecule has 2 aliphatic heterocycles. The van der Waals surface area contributed by atoms with E-state index in [0.29, 0.717) is 19.0 Å². The highest BCUT2D eigenvalue weighted by molar-refractivity contribution is 5.63. The van der Waals surface area contributed by atoms with E-state index in [0.717, 1.165) is 43.1 Å². The fourth-order valence-electron chi connectivity index (χ4n) is 3.49. The van der Waals surface area contributed by atoms with Crippen molar-refractivity contribution in [2.75, 3.05) is 36.4 Å². The molecule has 1 atom stereocenters. The van der Waals surface area contributed by atoms with E-state index in [-0.39, 0.29) is 17.0 Å². The summed E-state index contributed by atoms with van der Waals surface area (Å²) in [4.78, 5) is 12.0. The SMILES string of the molecule is C[C@H]1COCCN1c1nc(-c2ccc(N(O)O)cc2)nc2c1CCNC2. The van der Waals surface area contributed by atoms with Crippen LogP contribution >= 0.6 is 0 Å². The van der Waals surface area contributed by atoms with Crippen LogP contribution in [-0.2, 0) is 17.7 Å². The number of benzene rings is 1. The topological polar surface area (TPSA) is 94.0 Å². The zero-order chi connectivity index (χ0) is 18.1. The van der Waals surface area contributed by atoms with E-state index in [1.54, 1.807) is 24.3 Å². The molecular formula is C18H23N5O3. The second kappa shape index (κ2) is 7.16. The third-order valence-electron chi connectivity index (χ3n) is 4.91. The maximum atomic E-state index is 9.12. The Kier molecular flexibility index (Phi) is 4.73. The molecule has 2 aliphatic rings. The Hall–Kier alpha value is -2.26. The summed E-state index contributed by atoms with van der Waals surface area (Å²) in [5, 5.41) is 21.7. The molecular weight excluding hydrogens is 334 g/mol. The van der Waals surface area contributed by atoms with Gasteiger partial charge in [-0.2, -0.15) is 0 Å². The molecule has 1 aromatic heterocycles. The first-order valence-corrected chi connectivity index (χ1v) is 8.86. The molecule has 0 unspecified atom stereocenters. The Bertz CT molecular complexity index is 781. The fraction of sp³-hybridized carbons (Fsp3) is 0.444. The predicted octanol–water partition coefficient (Wildman–Crippen LogP) is 1.60. The highest BCUT2D eigenvalue weighted by Gasteiger charge is 2.27. The summed E-state index contributed by atoms with van der Waals surface area (Å²) >= 11 is 0. The second-order valence-corrected chi connectivity index (χ2v) is 6.68. The molecule has 1 aromatic carbocycles. The molecule has 3 N–H and O–H groups in total. The Morgan fingerprint density at radius 2 is 2.04 bits per heavy atom. The normalized spacial score (nSPS) is 20.0. The van der Waals surface area contributed by atoms with Crippen LogP contribution in [0.2, 0.25) is 0 Å². The summed E-state index contributed by atoms with van der Waals surface area (Å²) in [7, 11) is 0. The van der Waals surface area contributed by atoms with Crippen molar-refractivity contribution in [1.82, 2.24) is 15.3 Å². The average molecular weight is 357 g/mol. The Morgan fingerprint density at radius 3 is 2.77 bits per heavy atom. The Labute approximate surface area is 152 Å². The van der Waals surface area contributed by atoms with E-state index in [2.05, 4.69) is 17.1 Å². The van der Waals surface area contributed by atoms with Crippen LogP contribution in [0.5, 0.6) is 0 Å². The van der Waals surface area contributed by atoms with Crippen LogP contribution in [0.25, 0.3) is 11.4 Å². The molecule has 0 spiro atoms. The fourth-order valence-corrected chi connectivity index (χ4v) is 3.49. The van der Waals surface area contributed by atoms with E-state index in [1.807, 2.05) is 0 Å². The van der Waals surface area contributed by atoms with Crippen LogP contribution in [0.15, 0.2) is 24.3 Å². The molecule has 4 rings (SSSR count). The van der Waals surface area contributed by atoms with E-state index in [1.165, 1.54) is 5.56 Å². The number of rotatable bonds is 3. The van der Waals surface area contributed by atoms with Gasteiger partial charge in [-0.15, -0.1) is 5.23 Å². The molecule has 0 aliphatic carbocycles. The van der Waals surface area contributed by atoms with Gasteiger partial charge in [0.2, 0.25) is 0 Å². The van der Waals surface area contributed by atoms with Crippen molar-refractivity contribution in [3.63, 3.8) is 0 Å². The first kappa shape index (κ1) is 17.2. The highest BCUT2D eigenvalue weighted by atomic mass is 16.8. The largest absolute Gasteiger partial charge is 0.377 e. The minimum atomic E-state index is 0.0995. The molecule has 0 amide bonds. The van der Waals surface area contributed by atoms with Gasteiger partial charge in [0, 0.05) is 24.2 Å². The molecule has 2 aromatic rings. The highest BCUT2D eigenvalue weighted by Crippen LogP contribution is 2.30. The molecule has 26 heavy (non-hydrogen) atoms. The molecule has 0 saturated carbocycles. The molecule has 8 heteroatoms. The van der Waals surface area contributed by atoms with Crippen LogP contribution in [0.4, 0.5) is 11.5 Å². The van der Waals surface area contributed by atoms with Gasteiger partial charge in [-0.25, -0.2) is 9.97 Å². The summed E-state index contributed by atoms with van der Waals surface area (Å²) in [6.07, 6.45) is 0.915. The first-order valence-electron chi connectivity index (χ1n) is 8.86. The van der Waals surface area contributed by atoms with Gasteiger partial charge in [0.15, 0.2) is 5.82 Å². The first-order chi connectivity index (χ1) is 12.6. The van der Waals surface area contributed by atoms with Crippen LogP contribution in [0.1, 0.15) is 18.2 Å². The number of hydrogen-bond donors (Lipinski definition) is 3. The van der Waals surface area contributed by atoms with Crippen LogP contribution in [0.3, 0.4) is 0 Å². The molecule has 3 heterocycles. The lowest BCUT2D eigenvalue weighted by atomic mass is 10.0. The van der Waals surface area contributed by atoms with E-state index in [9.17, 15) is 0 Å². The van der Waals surface area contributed by atoms with Crippen LogP contribution in [0, 0.1) is 0 Å². The Morgan fingerprint density at radius 1 is 1.23 bits per heavy atom. The molecule has 1 fully saturated rings. The number of nitrogens with one attached hydrogen (secondary N) is 1. The van der Waals surface area contributed by atoms with Crippen molar-refractivity contribution in [2.24, 2.45) is 0 Å². The second-order valence-electron chi connectivity index (χ2n) is 6.68. The predicted molar refractivity (Wildman–Crippen MR) is 96.6 cm³/mol. The van der Waals surface area contributed by atoms with Gasteiger partial charge in [-0.05, 0) is 44.2 Å². The van der Waals surface area contributed by atoms with Crippen molar-refractivity contribution in [3.05, 3.63) is 35.5 Å². The van der Waals surface area contributed by atoms with Gasteiger partial charge in [0.25, 0.3) is 0 Å². The molecule has 8 nitrogen and oxygen atoms in total. The maximum absolute atomic E-state index is 9.12. The van der Waals surface area contributed by atoms with Crippen molar-refractivity contribution < 1.29 is 15.2 Å². The van der Waals surface area contributed by atoms with E-state index in [4.69, 9.17) is 25.1 Å². The summed E-state index contributed by atoms with van der Waals surface area (Å²) < 4.78 is 5.58. The molecule has 138 valence electrons. The summed E-state index contributed by atoms with van der Waals surface area (Å²) in [5.74, 6) is 1.65. The summed E-state index contributed by atoms with van der Waals surface area (Å²) in [5.41, 5.74) is 3.38. The smallest absolute Gasteiger partial charge is 0.161 e. The number of morpholine rings is 1. The van der Waals surface area contributed by atoms with Crippen molar-refractivity contribution in [3.8, 4) is 11.4 Å². The lowest BCUT2D eigenvalue weighted by Crippen LogP contribution is -2.45. The number of hydrogen-bond acceptors (Lipinski definition) is 8. The zero-order valence-electron chi connectivity index (χ0n) is 14.7. The van der Waals surface area contributed by atoms with Crippen molar-refractivity contribution in [1.29, 1.82) is 0 Å². The maximum Gasteiger partial charge on any atom is 0.161 e. The van der Waals surface area contributed by atoms with Crippen LogP contribution < -0.4 is 15.4 Å². The summed E-state index contributed by atoms with van der Waals surface area (Å²) in [6, 6.07) is 7.09. The van der Waals surface area contributed by atoms with E-state index >= 15 is 0 Å². The number of nitrogens with zero attached hydrogens (tertiary/aromatic N) is 4. The number of aromatic nitrogens is 2. The van der Waals surface area contributed by atoms with Gasteiger partial charge in [0.1, 0.15) is 5.82 Å². The third kappa shape index (κ3) is 3.24. The minimum Gasteiger partial charge on any atom is -0.377 e. The zero-order valence-corrected chi connectivity index (χ0v) is 14.7. The lowest BCUT2D eigenvalue weighted by Gasteiger charge is -2.36. The number of anilines is 2. The third-order valence-corrected chi connectivity index (χ3v) is 4.91. The van der Waals surface area contributed by atoms with Gasteiger partial charge >= 0.3 is 0 Å². The summed E-state index contributed by atoms with van der Waals surface area (Å²) in [6.45, 7) is 6.04.